The van der Waals surface area contributed by atoms with Crippen molar-refractivity contribution in [1.82, 2.24) is 10.3 Å². The van der Waals surface area contributed by atoms with Crippen LogP contribution in [0.25, 0.3) is 0 Å². The first-order valence-corrected chi connectivity index (χ1v) is 6.12. The second-order valence-electron chi connectivity index (χ2n) is 3.94. The summed E-state index contributed by atoms with van der Waals surface area (Å²) in [6.07, 6.45) is 1.47. The van der Waals surface area contributed by atoms with Crippen LogP contribution in [-0.2, 0) is 0 Å². The molecule has 4 heteroatoms. The normalized spacial score (nSPS) is 9.25. The Labute approximate surface area is 117 Å². The minimum absolute atomic E-state index is 0.206. The van der Waals surface area contributed by atoms with Crippen molar-refractivity contribution >= 4 is 5.91 Å². The Bertz CT molecular complexity index is 625. The van der Waals surface area contributed by atoms with Crippen molar-refractivity contribution in [2.24, 2.45) is 0 Å². The van der Waals surface area contributed by atoms with Gasteiger partial charge >= 0.3 is 0 Å². The molecule has 1 amide bonds. The van der Waals surface area contributed by atoms with E-state index in [1.807, 2.05) is 30.3 Å². The molecular formula is C16H14N2O2. The molecule has 0 aliphatic carbocycles. The molecule has 0 bridgehead atoms. The molecule has 0 atom stereocenters. The van der Waals surface area contributed by atoms with Crippen molar-refractivity contribution in [3.8, 4) is 17.7 Å². The van der Waals surface area contributed by atoms with Crippen LogP contribution >= 0.6 is 0 Å². The lowest BCUT2D eigenvalue weighted by Crippen LogP contribution is -2.23. The first-order valence-electron chi connectivity index (χ1n) is 6.12. The third kappa shape index (κ3) is 3.85. The van der Waals surface area contributed by atoms with Gasteiger partial charge < -0.3 is 10.1 Å². The number of amides is 1. The van der Waals surface area contributed by atoms with Gasteiger partial charge in [0.1, 0.15) is 0 Å². The van der Waals surface area contributed by atoms with E-state index in [4.69, 9.17) is 4.74 Å². The van der Waals surface area contributed by atoms with Gasteiger partial charge in [-0.2, -0.15) is 0 Å². The predicted octanol–water partition coefficient (Wildman–Crippen LogP) is 1.87. The number of hydrogen-bond donors (Lipinski definition) is 1. The van der Waals surface area contributed by atoms with Crippen LogP contribution in [0.15, 0.2) is 48.7 Å². The molecule has 4 nitrogen and oxygen atoms in total. The molecule has 0 unspecified atom stereocenters. The maximum Gasteiger partial charge on any atom is 0.253 e. The van der Waals surface area contributed by atoms with Crippen LogP contribution in [0.2, 0.25) is 0 Å². The van der Waals surface area contributed by atoms with Crippen LogP contribution in [0.1, 0.15) is 15.9 Å². The average Bonchev–Trinajstić information content (AvgIpc) is 2.52. The highest BCUT2D eigenvalue weighted by molar-refractivity contribution is 5.94. The van der Waals surface area contributed by atoms with Crippen molar-refractivity contribution in [3.05, 3.63) is 59.8 Å². The molecule has 1 aromatic heterocycles. The van der Waals surface area contributed by atoms with Gasteiger partial charge in [-0.3, -0.25) is 4.79 Å². The van der Waals surface area contributed by atoms with Gasteiger partial charge in [-0.25, -0.2) is 4.98 Å². The Morgan fingerprint density at radius 2 is 2.05 bits per heavy atom. The first kappa shape index (κ1) is 13.6. The smallest absolute Gasteiger partial charge is 0.253 e. The fourth-order valence-corrected chi connectivity index (χ4v) is 1.53. The van der Waals surface area contributed by atoms with Crippen LogP contribution in [0.3, 0.4) is 0 Å². The number of rotatable bonds is 3. The lowest BCUT2D eigenvalue weighted by atomic mass is 10.2. The number of carbonyl (C=O) groups excluding carboxylic acids is 1. The van der Waals surface area contributed by atoms with E-state index in [-0.39, 0.29) is 5.91 Å². The monoisotopic (exact) mass is 266 g/mol. The van der Waals surface area contributed by atoms with Crippen molar-refractivity contribution in [2.45, 2.75) is 0 Å². The van der Waals surface area contributed by atoms with E-state index in [2.05, 4.69) is 22.1 Å². The second-order valence-corrected chi connectivity index (χ2v) is 3.94. The fraction of sp³-hybridized carbons (Fsp3) is 0.125. The number of carbonyl (C=O) groups is 1. The van der Waals surface area contributed by atoms with Crippen molar-refractivity contribution < 1.29 is 9.53 Å². The molecule has 1 N–H and O–H groups in total. The van der Waals surface area contributed by atoms with Crippen molar-refractivity contribution in [3.63, 3.8) is 0 Å². The molecular weight excluding hydrogens is 252 g/mol. The fourth-order valence-electron chi connectivity index (χ4n) is 1.53. The van der Waals surface area contributed by atoms with Gasteiger partial charge in [-0.1, -0.05) is 30.0 Å². The van der Waals surface area contributed by atoms with Crippen LogP contribution in [0.4, 0.5) is 0 Å². The molecule has 0 spiro atoms. The van der Waals surface area contributed by atoms with Gasteiger partial charge in [0, 0.05) is 17.8 Å². The minimum atomic E-state index is -0.206. The predicted molar refractivity (Wildman–Crippen MR) is 76.4 cm³/mol. The van der Waals surface area contributed by atoms with E-state index < -0.39 is 0 Å². The largest absolute Gasteiger partial charge is 0.481 e. The van der Waals surface area contributed by atoms with Crippen molar-refractivity contribution in [1.29, 1.82) is 0 Å². The summed E-state index contributed by atoms with van der Waals surface area (Å²) < 4.78 is 4.93. The number of ether oxygens (including phenoxy) is 1. The van der Waals surface area contributed by atoms with Crippen LogP contribution in [0.5, 0.6) is 5.88 Å². The van der Waals surface area contributed by atoms with E-state index in [1.54, 1.807) is 12.1 Å². The molecule has 0 fully saturated rings. The number of nitrogens with zero attached hydrogens (tertiary/aromatic N) is 1. The van der Waals surface area contributed by atoms with Crippen LogP contribution in [-0.4, -0.2) is 24.5 Å². The molecule has 20 heavy (non-hydrogen) atoms. The molecule has 0 saturated carbocycles. The molecule has 100 valence electrons. The Morgan fingerprint density at radius 1 is 1.25 bits per heavy atom. The van der Waals surface area contributed by atoms with Crippen LogP contribution in [0, 0.1) is 11.8 Å². The summed E-state index contributed by atoms with van der Waals surface area (Å²) in [7, 11) is 1.53. The number of hydrogen-bond acceptors (Lipinski definition) is 3. The van der Waals surface area contributed by atoms with Gasteiger partial charge in [-0.05, 0) is 18.2 Å². The maximum absolute atomic E-state index is 11.8. The molecule has 0 aliphatic rings. The number of nitrogens with one attached hydrogen (secondary N) is 1. The first-order chi connectivity index (χ1) is 9.79. The number of benzene rings is 1. The topological polar surface area (TPSA) is 51.2 Å². The van der Waals surface area contributed by atoms with E-state index in [1.165, 1.54) is 13.3 Å². The zero-order valence-corrected chi connectivity index (χ0v) is 11.1. The zero-order chi connectivity index (χ0) is 14.2. The molecule has 0 saturated heterocycles. The molecule has 1 aromatic carbocycles. The zero-order valence-electron chi connectivity index (χ0n) is 11.1. The summed E-state index contributed by atoms with van der Waals surface area (Å²) in [6, 6.07) is 12.9. The van der Waals surface area contributed by atoms with Crippen LogP contribution < -0.4 is 10.1 Å². The summed E-state index contributed by atoms with van der Waals surface area (Å²) in [4.78, 5) is 15.8. The summed E-state index contributed by atoms with van der Waals surface area (Å²) in [5.41, 5.74) is 1.40. The van der Waals surface area contributed by atoms with Gasteiger partial charge in [-0.15, -0.1) is 0 Å². The summed E-state index contributed by atoms with van der Waals surface area (Å²) in [5.74, 6) is 6.14. The van der Waals surface area contributed by atoms with Gasteiger partial charge in [0.2, 0.25) is 5.88 Å². The summed E-state index contributed by atoms with van der Waals surface area (Å²) >= 11 is 0. The standard InChI is InChI=1S/C16H14N2O2/c1-20-15-10-9-14(12-18-15)16(19)17-11-5-8-13-6-3-2-4-7-13/h2-4,6-7,9-10,12H,11H2,1H3,(H,17,19). The van der Waals surface area contributed by atoms with Gasteiger partial charge in [0.15, 0.2) is 0 Å². The quantitative estimate of drug-likeness (QED) is 0.863. The second kappa shape index (κ2) is 6.95. The molecule has 2 rings (SSSR count). The molecule has 1 heterocycles. The third-order valence-electron chi connectivity index (χ3n) is 2.55. The number of methoxy groups -OCH3 is 1. The summed E-state index contributed by atoms with van der Waals surface area (Å²) in [6.45, 7) is 0.291. The van der Waals surface area contributed by atoms with E-state index in [0.717, 1.165) is 5.56 Å². The molecule has 2 aromatic rings. The Kier molecular flexibility index (Phi) is 4.74. The van der Waals surface area contributed by atoms with E-state index in [9.17, 15) is 4.79 Å². The Morgan fingerprint density at radius 3 is 2.70 bits per heavy atom. The highest BCUT2D eigenvalue weighted by atomic mass is 16.5. The molecule has 0 radical (unpaired) electrons. The van der Waals surface area contributed by atoms with Gasteiger partial charge in [0.05, 0.1) is 19.2 Å². The lowest BCUT2D eigenvalue weighted by Gasteiger charge is -2.02. The maximum atomic E-state index is 11.8. The lowest BCUT2D eigenvalue weighted by molar-refractivity contribution is 0.0958. The number of aromatic nitrogens is 1. The SMILES string of the molecule is COc1ccc(C(=O)NCC#Cc2ccccc2)cn1. The highest BCUT2D eigenvalue weighted by Crippen LogP contribution is 2.06. The molecule has 0 aliphatic heterocycles. The van der Waals surface area contributed by atoms with Gasteiger partial charge in [0.25, 0.3) is 5.91 Å². The van der Waals surface area contributed by atoms with Crippen molar-refractivity contribution in [2.75, 3.05) is 13.7 Å². The minimum Gasteiger partial charge on any atom is -0.481 e. The summed E-state index contributed by atoms with van der Waals surface area (Å²) in [5, 5.41) is 2.71. The average molecular weight is 266 g/mol. The van der Waals surface area contributed by atoms with E-state index in [0.29, 0.717) is 18.0 Å². The van der Waals surface area contributed by atoms with E-state index >= 15 is 0 Å². The Balaban J connectivity index is 1.87. The Hall–Kier alpha value is -2.80. The third-order valence-corrected chi connectivity index (χ3v) is 2.55. The highest BCUT2D eigenvalue weighted by Gasteiger charge is 2.04. The number of pyridine rings is 1.